The lowest BCUT2D eigenvalue weighted by Crippen LogP contribution is -2.45. The fraction of sp³-hybridized carbons (Fsp3) is 0.867. The van der Waals surface area contributed by atoms with E-state index in [0.29, 0.717) is 13.1 Å². The zero-order valence-corrected chi connectivity index (χ0v) is 13.7. The first kappa shape index (κ1) is 17.8. The Morgan fingerprint density at radius 2 is 1.67 bits per heavy atom. The molecule has 1 rings (SSSR count). The number of amides is 1. The van der Waals surface area contributed by atoms with Crippen molar-refractivity contribution in [1.29, 1.82) is 0 Å². The average molecular weight is 297 g/mol. The fourth-order valence-corrected chi connectivity index (χ4v) is 2.31. The van der Waals surface area contributed by atoms with Crippen LogP contribution in [0.3, 0.4) is 0 Å². The molecule has 0 aromatic carbocycles. The van der Waals surface area contributed by atoms with Gasteiger partial charge >= 0.3 is 0 Å². The highest BCUT2D eigenvalue weighted by atomic mass is 16.1. The molecule has 0 atom stereocenters. The highest BCUT2D eigenvalue weighted by Crippen LogP contribution is 2.07. The number of hydrogen-bond donors (Lipinski definition) is 3. The number of nitrogens with zero attached hydrogens (tertiary/aromatic N) is 2. The van der Waals surface area contributed by atoms with Gasteiger partial charge in [-0.2, -0.15) is 0 Å². The largest absolute Gasteiger partial charge is 0.355 e. The molecule has 122 valence electrons. The van der Waals surface area contributed by atoms with E-state index in [2.05, 4.69) is 25.8 Å². The molecule has 6 nitrogen and oxygen atoms in total. The Morgan fingerprint density at radius 1 is 1.05 bits per heavy atom. The molecule has 21 heavy (non-hydrogen) atoms. The maximum Gasteiger partial charge on any atom is 0.222 e. The molecular weight excluding hydrogens is 266 g/mol. The Bertz CT molecular complexity index is 324. The van der Waals surface area contributed by atoms with Crippen LogP contribution < -0.4 is 16.0 Å². The Hall–Kier alpha value is -1.30. The van der Waals surface area contributed by atoms with Gasteiger partial charge in [0.1, 0.15) is 0 Å². The molecule has 1 aliphatic rings. The minimum Gasteiger partial charge on any atom is -0.355 e. The first-order valence-electron chi connectivity index (χ1n) is 8.08. The van der Waals surface area contributed by atoms with E-state index in [1.54, 1.807) is 7.05 Å². The molecule has 6 heteroatoms. The first-order chi connectivity index (χ1) is 10.1. The summed E-state index contributed by atoms with van der Waals surface area (Å²) in [5, 5.41) is 9.40. The minimum absolute atomic E-state index is 0.0342. The van der Waals surface area contributed by atoms with Crippen molar-refractivity contribution in [3.05, 3.63) is 0 Å². The molecule has 0 unspecified atom stereocenters. The summed E-state index contributed by atoms with van der Waals surface area (Å²) in [6.07, 6.45) is 4.01. The average Bonchev–Trinajstić information content (AvgIpc) is 2.50. The number of rotatable bonds is 7. The molecule has 0 aromatic rings. The molecule has 0 aromatic heterocycles. The predicted molar refractivity (Wildman–Crippen MR) is 87.5 cm³/mol. The van der Waals surface area contributed by atoms with Crippen molar-refractivity contribution in [2.24, 2.45) is 10.9 Å². The van der Waals surface area contributed by atoms with Crippen molar-refractivity contribution in [2.45, 2.75) is 33.1 Å². The molecule has 1 amide bonds. The molecule has 0 spiro atoms. The van der Waals surface area contributed by atoms with Crippen molar-refractivity contribution in [2.75, 3.05) is 46.3 Å². The lowest BCUT2D eigenvalue weighted by molar-refractivity contribution is -0.123. The van der Waals surface area contributed by atoms with Crippen molar-refractivity contribution in [3.8, 4) is 0 Å². The van der Waals surface area contributed by atoms with Crippen LogP contribution in [0.15, 0.2) is 4.99 Å². The van der Waals surface area contributed by atoms with Gasteiger partial charge < -0.3 is 20.9 Å². The van der Waals surface area contributed by atoms with Gasteiger partial charge in [-0.25, -0.2) is 0 Å². The molecule has 1 heterocycles. The van der Waals surface area contributed by atoms with Gasteiger partial charge in [-0.15, -0.1) is 0 Å². The van der Waals surface area contributed by atoms with Crippen molar-refractivity contribution >= 4 is 11.9 Å². The van der Waals surface area contributed by atoms with E-state index in [1.165, 1.54) is 32.4 Å². The van der Waals surface area contributed by atoms with Crippen LogP contribution in [-0.4, -0.2) is 63.1 Å². The molecule has 0 radical (unpaired) electrons. The van der Waals surface area contributed by atoms with E-state index in [0.717, 1.165) is 19.0 Å². The quantitative estimate of drug-likeness (QED) is 0.362. The topological polar surface area (TPSA) is 68.8 Å². The Kier molecular flexibility index (Phi) is 8.82. The van der Waals surface area contributed by atoms with Crippen molar-refractivity contribution < 1.29 is 4.79 Å². The second kappa shape index (κ2) is 10.4. The number of carbonyl (C=O) groups is 1. The summed E-state index contributed by atoms with van der Waals surface area (Å²) in [6.45, 7) is 9.48. The maximum absolute atomic E-state index is 11.4. The Balaban J connectivity index is 2.07. The van der Waals surface area contributed by atoms with Crippen LogP contribution in [-0.2, 0) is 4.79 Å². The molecule has 3 N–H and O–H groups in total. The fourth-order valence-electron chi connectivity index (χ4n) is 2.31. The van der Waals surface area contributed by atoms with Gasteiger partial charge in [-0.1, -0.05) is 20.3 Å². The third-order valence-electron chi connectivity index (χ3n) is 3.63. The van der Waals surface area contributed by atoms with Gasteiger partial charge in [0.25, 0.3) is 0 Å². The van der Waals surface area contributed by atoms with Gasteiger partial charge in [0.15, 0.2) is 5.96 Å². The number of nitrogens with one attached hydrogen (secondary N) is 3. The highest BCUT2D eigenvalue weighted by molar-refractivity contribution is 5.80. The summed E-state index contributed by atoms with van der Waals surface area (Å²) < 4.78 is 0. The van der Waals surface area contributed by atoms with Crippen molar-refractivity contribution in [3.63, 3.8) is 0 Å². The zero-order chi connectivity index (χ0) is 15.5. The van der Waals surface area contributed by atoms with Crippen LogP contribution in [0.1, 0.15) is 33.1 Å². The molecular formula is C15H31N5O. The van der Waals surface area contributed by atoms with E-state index >= 15 is 0 Å². The standard InChI is InChI=1S/C15H31N5O/c1-13(2)14(21)17-7-8-18-15(16-3)19-9-12-20-10-5-4-6-11-20/h13H,4-12H2,1-3H3,(H,17,21)(H2,16,18,19). The normalized spacial score (nSPS) is 16.9. The van der Waals surface area contributed by atoms with Gasteiger partial charge in [0.05, 0.1) is 0 Å². The number of piperidine rings is 1. The minimum atomic E-state index is 0.0342. The van der Waals surface area contributed by atoms with E-state index in [-0.39, 0.29) is 11.8 Å². The number of likely N-dealkylation sites (tertiary alicyclic amines) is 1. The van der Waals surface area contributed by atoms with E-state index in [9.17, 15) is 4.79 Å². The van der Waals surface area contributed by atoms with Gasteiger partial charge in [0.2, 0.25) is 5.91 Å². The number of aliphatic imine (C=N–C) groups is 1. The van der Waals surface area contributed by atoms with E-state index in [4.69, 9.17) is 0 Å². The van der Waals surface area contributed by atoms with Crippen LogP contribution in [0.2, 0.25) is 0 Å². The summed E-state index contributed by atoms with van der Waals surface area (Å²) in [6, 6.07) is 0. The second-order valence-electron chi connectivity index (χ2n) is 5.77. The summed E-state index contributed by atoms with van der Waals surface area (Å²) in [5.74, 6) is 0.919. The first-order valence-corrected chi connectivity index (χ1v) is 8.08. The highest BCUT2D eigenvalue weighted by Gasteiger charge is 2.09. The Labute approximate surface area is 128 Å². The van der Waals surface area contributed by atoms with Gasteiger partial charge in [0, 0.05) is 39.1 Å². The van der Waals surface area contributed by atoms with Crippen LogP contribution in [0.5, 0.6) is 0 Å². The number of hydrogen-bond acceptors (Lipinski definition) is 3. The van der Waals surface area contributed by atoms with E-state index in [1.807, 2.05) is 13.8 Å². The monoisotopic (exact) mass is 297 g/mol. The molecule has 1 fully saturated rings. The van der Waals surface area contributed by atoms with Crippen LogP contribution >= 0.6 is 0 Å². The zero-order valence-electron chi connectivity index (χ0n) is 13.7. The lowest BCUT2D eigenvalue weighted by atomic mass is 10.1. The predicted octanol–water partition coefficient (Wildman–Crippen LogP) is 0.410. The molecule has 1 saturated heterocycles. The second-order valence-corrected chi connectivity index (χ2v) is 5.77. The maximum atomic E-state index is 11.4. The smallest absolute Gasteiger partial charge is 0.222 e. The number of carbonyl (C=O) groups excluding carboxylic acids is 1. The van der Waals surface area contributed by atoms with Crippen LogP contribution in [0, 0.1) is 5.92 Å². The lowest BCUT2D eigenvalue weighted by Gasteiger charge is -2.26. The van der Waals surface area contributed by atoms with Gasteiger partial charge in [-0.05, 0) is 25.9 Å². The molecule has 1 aliphatic heterocycles. The van der Waals surface area contributed by atoms with Crippen LogP contribution in [0.4, 0.5) is 0 Å². The summed E-state index contributed by atoms with van der Waals surface area (Å²) in [4.78, 5) is 18.1. The van der Waals surface area contributed by atoms with E-state index < -0.39 is 0 Å². The summed E-state index contributed by atoms with van der Waals surface area (Å²) in [7, 11) is 1.77. The third-order valence-corrected chi connectivity index (χ3v) is 3.63. The van der Waals surface area contributed by atoms with Crippen molar-refractivity contribution in [1.82, 2.24) is 20.9 Å². The SMILES string of the molecule is CN=C(NCCNC(=O)C(C)C)NCCN1CCCCC1. The third kappa shape index (κ3) is 7.90. The summed E-state index contributed by atoms with van der Waals surface area (Å²) in [5.41, 5.74) is 0. The molecule has 0 aliphatic carbocycles. The number of guanidine groups is 1. The van der Waals surface area contributed by atoms with Gasteiger partial charge in [-0.3, -0.25) is 9.79 Å². The molecule has 0 saturated carbocycles. The molecule has 0 bridgehead atoms. The van der Waals surface area contributed by atoms with Crippen LogP contribution in [0.25, 0.3) is 0 Å². The summed E-state index contributed by atoms with van der Waals surface area (Å²) >= 11 is 0. The Morgan fingerprint density at radius 3 is 2.29 bits per heavy atom.